The summed E-state index contributed by atoms with van der Waals surface area (Å²) in [6.07, 6.45) is -3.14. The maximum Gasteiger partial charge on any atom is 0.143 e. The molecular weight excluding hydrogens is 136 g/mol. The summed E-state index contributed by atoms with van der Waals surface area (Å²) < 4.78 is 0. The van der Waals surface area contributed by atoms with Crippen LogP contribution in [0.2, 0.25) is 0 Å². The lowest BCUT2D eigenvalue weighted by molar-refractivity contribution is 0.0181. The van der Waals surface area contributed by atoms with Gasteiger partial charge >= 0.3 is 0 Å². The van der Waals surface area contributed by atoms with E-state index in [-0.39, 0.29) is 0 Å². The predicted molar refractivity (Wildman–Crippen MR) is 35.6 cm³/mol. The van der Waals surface area contributed by atoms with Crippen LogP contribution in [0.4, 0.5) is 0 Å². The van der Waals surface area contributed by atoms with Gasteiger partial charge in [0, 0.05) is 0 Å². The Morgan fingerprint density at radius 2 is 1.10 bits per heavy atom. The molecule has 0 rings (SSSR count). The third-order valence-electron chi connectivity index (χ3n) is 0.982. The third-order valence-corrected chi connectivity index (χ3v) is 0.982. The topological polar surface area (TPSA) is 80.9 Å². The lowest BCUT2D eigenvalue weighted by Crippen LogP contribution is -2.28. The van der Waals surface area contributed by atoms with E-state index in [0.717, 1.165) is 0 Å². The zero-order valence-corrected chi connectivity index (χ0v) is 5.36. The molecule has 0 aromatic rings. The highest BCUT2D eigenvalue weighted by Gasteiger charge is 2.20. The molecule has 0 aliphatic heterocycles. The Kier molecular flexibility index (Phi) is 2.92. The summed E-state index contributed by atoms with van der Waals surface area (Å²) in [5.74, 6) is -1.22. The summed E-state index contributed by atoms with van der Waals surface area (Å²) in [5, 5.41) is 34.5. The molecule has 0 unspecified atom stereocenters. The minimum atomic E-state index is -1.57. The van der Waals surface area contributed by atoms with E-state index in [2.05, 4.69) is 13.2 Å². The summed E-state index contributed by atoms with van der Waals surface area (Å²) in [5.41, 5.74) is 0. The van der Waals surface area contributed by atoms with Crippen LogP contribution in [0.15, 0.2) is 24.7 Å². The Hall–Kier alpha value is -1.00. The lowest BCUT2D eigenvalue weighted by atomic mass is 10.1. The zero-order valence-electron chi connectivity index (χ0n) is 5.36. The van der Waals surface area contributed by atoms with Gasteiger partial charge in [-0.25, -0.2) is 0 Å². The maximum atomic E-state index is 8.75. The zero-order chi connectivity index (χ0) is 8.31. The van der Waals surface area contributed by atoms with Crippen LogP contribution in [0.1, 0.15) is 0 Å². The molecule has 0 bridgehead atoms. The fourth-order valence-electron chi connectivity index (χ4n) is 0.364. The fraction of sp³-hybridized carbons (Fsp3) is 0.333. The highest BCUT2D eigenvalue weighted by atomic mass is 16.4. The van der Waals surface area contributed by atoms with Crippen molar-refractivity contribution in [1.29, 1.82) is 0 Å². The van der Waals surface area contributed by atoms with Crippen LogP contribution in [0.3, 0.4) is 0 Å². The van der Waals surface area contributed by atoms with Crippen molar-refractivity contribution >= 4 is 0 Å². The van der Waals surface area contributed by atoms with Gasteiger partial charge in [0.2, 0.25) is 0 Å². The Morgan fingerprint density at radius 3 is 1.20 bits per heavy atom. The molecule has 0 fully saturated rings. The Balaban J connectivity index is 4.07. The van der Waals surface area contributed by atoms with Crippen molar-refractivity contribution in [3.05, 3.63) is 24.7 Å². The van der Waals surface area contributed by atoms with E-state index in [4.69, 9.17) is 20.4 Å². The largest absolute Gasteiger partial charge is 0.510 e. The molecule has 0 aromatic heterocycles. The first kappa shape index (κ1) is 9.00. The molecule has 0 radical (unpaired) electrons. The minimum absolute atomic E-state index is 0.609. The second-order valence-corrected chi connectivity index (χ2v) is 1.87. The normalized spacial score (nSPS) is 15.8. The van der Waals surface area contributed by atoms with E-state index in [1.807, 2.05) is 0 Å². The molecule has 2 atom stereocenters. The highest BCUT2D eigenvalue weighted by molar-refractivity contribution is 5.03. The van der Waals surface area contributed by atoms with Gasteiger partial charge in [-0.3, -0.25) is 0 Å². The van der Waals surface area contributed by atoms with Gasteiger partial charge in [0.15, 0.2) is 0 Å². The van der Waals surface area contributed by atoms with E-state index in [0.29, 0.717) is 0 Å². The molecule has 0 amide bonds. The fourth-order valence-corrected chi connectivity index (χ4v) is 0.364. The van der Waals surface area contributed by atoms with Gasteiger partial charge in [-0.05, 0) is 0 Å². The Bertz CT molecular complexity index is 134. The SMILES string of the molecule is C=C(O)[C@@H](O)[C@@H](O)C(=C)O. The van der Waals surface area contributed by atoms with Crippen LogP contribution in [0.5, 0.6) is 0 Å². The first-order valence-corrected chi connectivity index (χ1v) is 2.58. The van der Waals surface area contributed by atoms with Crippen LogP contribution in [-0.4, -0.2) is 32.6 Å². The van der Waals surface area contributed by atoms with Gasteiger partial charge in [-0.1, -0.05) is 13.2 Å². The summed E-state index contributed by atoms with van der Waals surface area (Å²) >= 11 is 0. The van der Waals surface area contributed by atoms with E-state index in [9.17, 15) is 0 Å². The first-order valence-electron chi connectivity index (χ1n) is 2.58. The van der Waals surface area contributed by atoms with E-state index in [1.165, 1.54) is 0 Å². The number of aliphatic hydroxyl groups is 4. The molecule has 0 spiro atoms. The second kappa shape index (κ2) is 3.24. The lowest BCUT2D eigenvalue weighted by Gasteiger charge is -2.14. The molecule has 0 saturated heterocycles. The molecular formula is C6H10O4. The molecule has 4 heteroatoms. The highest BCUT2D eigenvalue weighted by Crippen LogP contribution is 2.06. The minimum Gasteiger partial charge on any atom is -0.510 e. The number of hydrogen-bond acceptors (Lipinski definition) is 4. The van der Waals surface area contributed by atoms with Crippen molar-refractivity contribution in [1.82, 2.24) is 0 Å². The van der Waals surface area contributed by atoms with Crippen molar-refractivity contribution in [2.45, 2.75) is 12.2 Å². The molecule has 4 N–H and O–H groups in total. The smallest absolute Gasteiger partial charge is 0.143 e. The van der Waals surface area contributed by atoms with Gasteiger partial charge in [-0.2, -0.15) is 0 Å². The van der Waals surface area contributed by atoms with Gasteiger partial charge in [0.1, 0.15) is 23.7 Å². The molecule has 0 aromatic carbocycles. The third kappa shape index (κ3) is 2.08. The molecule has 10 heavy (non-hydrogen) atoms. The van der Waals surface area contributed by atoms with Crippen LogP contribution in [0, 0.1) is 0 Å². The van der Waals surface area contributed by atoms with E-state index in [1.54, 1.807) is 0 Å². The van der Waals surface area contributed by atoms with E-state index < -0.39 is 23.7 Å². The predicted octanol–water partition coefficient (Wildman–Crippen LogP) is -0.148. The van der Waals surface area contributed by atoms with Crippen molar-refractivity contribution in [3.8, 4) is 0 Å². The number of aliphatic hydroxyl groups excluding tert-OH is 4. The van der Waals surface area contributed by atoms with Gasteiger partial charge in [0.25, 0.3) is 0 Å². The standard InChI is InChI=1S/C6H10O4/c1-3(7)5(9)6(10)4(2)8/h5-10H,1-2H2/t5-,6+. The molecule has 0 aliphatic carbocycles. The van der Waals surface area contributed by atoms with Crippen LogP contribution in [0.25, 0.3) is 0 Å². The Morgan fingerprint density at radius 1 is 0.900 bits per heavy atom. The van der Waals surface area contributed by atoms with Crippen molar-refractivity contribution in [2.24, 2.45) is 0 Å². The number of rotatable bonds is 3. The van der Waals surface area contributed by atoms with E-state index >= 15 is 0 Å². The van der Waals surface area contributed by atoms with Crippen molar-refractivity contribution < 1.29 is 20.4 Å². The molecule has 0 heterocycles. The van der Waals surface area contributed by atoms with Gasteiger partial charge in [-0.15, -0.1) is 0 Å². The van der Waals surface area contributed by atoms with Gasteiger partial charge in [0.05, 0.1) is 0 Å². The molecule has 58 valence electrons. The van der Waals surface area contributed by atoms with Crippen LogP contribution in [-0.2, 0) is 0 Å². The average molecular weight is 146 g/mol. The Labute approximate surface area is 58.4 Å². The summed E-state index contributed by atoms with van der Waals surface area (Å²) in [6.45, 7) is 5.90. The van der Waals surface area contributed by atoms with Gasteiger partial charge < -0.3 is 20.4 Å². The molecule has 4 nitrogen and oxygen atoms in total. The quantitative estimate of drug-likeness (QED) is 0.417. The average Bonchev–Trinajstić information content (AvgIpc) is 1.84. The van der Waals surface area contributed by atoms with Crippen LogP contribution < -0.4 is 0 Å². The summed E-state index contributed by atoms with van der Waals surface area (Å²) in [6, 6.07) is 0. The first-order chi connectivity index (χ1) is 4.46. The monoisotopic (exact) mass is 146 g/mol. The summed E-state index contributed by atoms with van der Waals surface area (Å²) in [4.78, 5) is 0. The summed E-state index contributed by atoms with van der Waals surface area (Å²) in [7, 11) is 0. The molecule has 0 saturated carbocycles. The number of hydrogen-bond donors (Lipinski definition) is 4. The van der Waals surface area contributed by atoms with Crippen molar-refractivity contribution in [3.63, 3.8) is 0 Å². The second-order valence-electron chi connectivity index (χ2n) is 1.87. The molecule has 0 aliphatic rings. The van der Waals surface area contributed by atoms with Crippen LogP contribution >= 0.6 is 0 Å². The maximum absolute atomic E-state index is 8.75. The van der Waals surface area contributed by atoms with Crippen molar-refractivity contribution in [2.75, 3.05) is 0 Å².